The van der Waals surface area contributed by atoms with Crippen LogP contribution in [0.25, 0.3) is 0 Å². The second-order valence-corrected chi connectivity index (χ2v) is 3.63. The molecule has 0 bridgehead atoms. The molecule has 1 aromatic heterocycles. The summed E-state index contributed by atoms with van der Waals surface area (Å²) in [7, 11) is 0. The number of hydrogen-bond acceptors (Lipinski definition) is 2. The molecular weight excluding hydrogens is 204 g/mol. The van der Waals surface area contributed by atoms with Gasteiger partial charge in [0.15, 0.2) is 5.15 Å². The average Bonchev–Trinajstić information content (AvgIpc) is 2.90. The lowest BCUT2D eigenvalue weighted by molar-refractivity contribution is 0.209. The molecule has 1 aliphatic carbocycles. The van der Waals surface area contributed by atoms with E-state index in [4.69, 9.17) is 16.7 Å². The summed E-state index contributed by atoms with van der Waals surface area (Å²) < 4.78 is 0. The van der Waals surface area contributed by atoms with Crippen LogP contribution >= 0.6 is 11.6 Å². The van der Waals surface area contributed by atoms with Crippen LogP contribution in [0.3, 0.4) is 0 Å². The Labute approximate surface area is 85.9 Å². The maximum Gasteiger partial charge on any atom is 0.409 e. The number of amides is 1. The molecule has 1 saturated carbocycles. The van der Waals surface area contributed by atoms with Crippen LogP contribution in [0.1, 0.15) is 24.3 Å². The molecule has 2 rings (SSSR count). The van der Waals surface area contributed by atoms with Crippen molar-refractivity contribution >= 4 is 23.4 Å². The van der Waals surface area contributed by atoms with Gasteiger partial charge in [0.2, 0.25) is 0 Å². The van der Waals surface area contributed by atoms with Crippen LogP contribution in [0.4, 0.5) is 10.5 Å². The van der Waals surface area contributed by atoms with Gasteiger partial charge in [-0.3, -0.25) is 5.32 Å². The number of nitrogens with zero attached hydrogens (tertiary/aromatic N) is 1. The molecular formula is C9H9ClN2O2. The summed E-state index contributed by atoms with van der Waals surface area (Å²) in [5.74, 6) is 0.442. The van der Waals surface area contributed by atoms with Gasteiger partial charge in [-0.05, 0) is 30.4 Å². The Bertz CT molecular complexity index is 377. The van der Waals surface area contributed by atoms with Gasteiger partial charge < -0.3 is 5.11 Å². The molecule has 74 valence electrons. The summed E-state index contributed by atoms with van der Waals surface area (Å²) in [5, 5.41) is 11.1. The number of aromatic nitrogens is 1. The summed E-state index contributed by atoms with van der Waals surface area (Å²) in [5.41, 5.74) is 1.39. The Balaban J connectivity index is 2.37. The molecule has 0 aliphatic heterocycles. The van der Waals surface area contributed by atoms with Gasteiger partial charge in [-0.1, -0.05) is 11.6 Å². The second kappa shape index (κ2) is 3.46. The van der Waals surface area contributed by atoms with Gasteiger partial charge in [-0.25, -0.2) is 9.78 Å². The van der Waals surface area contributed by atoms with E-state index < -0.39 is 6.09 Å². The zero-order valence-corrected chi connectivity index (χ0v) is 8.08. The van der Waals surface area contributed by atoms with Crippen molar-refractivity contribution in [3.05, 3.63) is 23.0 Å². The quantitative estimate of drug-likeness (QED) is 0.741. The molecule has 0 spiro atoms. The highest BCUT2D eigenvalue weighted by atomic mass is 35.5. The van der Waals surface area contributed by atoms with E-state index >= 15 is 0 Å². The SMILES string of the molecule is O=C(O)Nc1c(C2CC2)ccnc1Cl. The third kappa shape index (κ3) is 1.80. The fourth-order valence-corrected chi connectivity index (χ4v) is 1.63. The van der Waals surface area contributed by atoms with E-state index in [0.29, 0.717) is 11.6 Å². The van der Waals surface area contributed by atoms with E-state index in [1.54, 1.807) is 6.20 Å². The maximum absolute atomic E-state index is 10.5. The predicted molar refractivity (Wildman–Crippen MR) is 52.9 cm³/mol. The Hall–Kier alpha value is -1.29. The molecule has 2 N–H and O–H groups in total. The highest BCUT2D eigenvalue weighted by Crippen LogP contribution is 2.44. The van der Waals surface area contributed by atoms with Crippen molar-refractivity contribution in [1.82, 2.24) is 4.98 Å². The Morgan fingerprint density at radius 1 is 1.64 bits per heavy atom. The normalized spacial score (nSPS) is 15.2. The monoisotopic (exact) mass is 212 g/mol. The summed E-state index contributed by atoms with van der Waals surface area (Å²) in [4.78, 5) is 14.4. The standard InChI is InChI=1S/C9H9ClN2O2/c10-8-7(12-9(13)14)6(3-4-11-8)5-1-2-5/h3-5,12H,1-2H2,(H,13,14). The molecule has 14 heavy (non-hydrogen) atoms. The molecule has 0 atom stereocenters. The predicted octanol–water partition coefficient (Wildman–Crippen LogP) is 2.70. The summed E-state index contributed by atoms with van der Waals surface area (Å²) >= 11 is 5.81. The van der Waals surface area contributed by atoms with Crippen LogP contribution in [0.2, 0.25) is 5.15 Å². The first-order valence-electron chi connectivity index (χ1n) is 4.33. The van der Waals surface area contributed by atoms with Gasteiger partial charge >= 0.3 is 6.09 Å². The minimum atomic E-state index is -1.11. The van der Waals surface area contributed by atoms with Crippen LogP contribution in [0.15, 0.2) is 12.3 Å². The van der Waals surface area contributed by atoms with Crippen molar-refractivity contribution in [2.24, 2.45) is 0 Å². The third-order valence-electron chi connectivity index (χ3n) is 2.19. The van der Waals surface area contributed by atoms with Crippen molar-refractivity contribution in [1.29, 1.82) is 0 Å². The number of nitrogens with one attached hydrogen (secondary N) is 1. The molecule has 0 saturated heterocycles. The second-order valence-electron chi connectivity index (χ2n) is 3.27. The summed E-state index contributed by atoms with van der Waals surface area (Å²) in [6, 6.07) is 1.81. The van der Waals surface area contributed by atoms with E-state index in [2.05, 4.69) is 10.3 Å². The molecule has 1 fully saturated rings. The van der Waals surface area contributed by atoms with Crippen molar-refractivity contribution in [2.75, 3.05) is 5.32 Å². The van der Waals surface area contributed by atoms with Gasteiger partial charge in [0.05, 0.1) is 5.69 Å². The lowest BCUT2D eigenvalue weighted by atomic mass is 10.1. The van der Waals surface area contributed by atoms with Crippen molar-refractivity contribution in [3.8, 4) is 0 Å². The van der Waals surface area contributed by atoms with Gasteiger partial charge in [-0.15, -0.1) is 0 Å². The van der Waals surface area contributed by atoms with Crippen molar-refractivity contribution in [3.63, 3.8) is 0 Å². The van der Waals surface area contributed by atoms with Crippen LogP contribution < -0.4 is 5.32 Å². The summed E-state index contributed by atoms with van der Waals surface area (Å²) in [6.07, 6.45) is 2.67. The van der Waals surface area contributed by atoms with Gasteiger partial charge in [0, 0.05) is 6.20 Å². The van der Waals surface area contributed by atoms with E-state index in [0.717, 1.165) is 18.4 Å². The van der Waals surface area contributed by atoms with Gasteiger partial charge in [-0.2, -0.15) is 0 Å². The van der Waals surface area contributed by atoms with Crippen LogP contribution in [0.5, 0.6) is 0 Å². The third-order valence-corrected chi connectivity index (χ3v) is 2.47. The molecule has 1 heterocycles. The average molecular weight is 213 g/mol. The first kappa shape index (κ1) is 9.27. The Morgan fingerprint density at radius 2 is 2.36 bits per heavy atom. The van der Waals surface area contributed by atoms with E-state index in [1.807, 2.05) is 6.07 Å². The van der Waals surface area contributed by atoms with Crippen molar-refractivity contribution < 1.29 is 9.90 Å². The first-order valence-corrected chi connectivity index (χ1v) is 4.70. The fraction of sp³-hybridized carbons (Fsp3) is 0.333. The zero-order chi connectivity index (χ0) is 10.1. The highest BCUT2D eigenvalue weighted by molar-refractivity contribution is 6.32. The van der Waals surface area contributed by atoms with E-state index in [-0.39, 0.29) is 5.15 Å². The first-order chi connectivity index (χ1) is 6.68. The molecule has 0 radical (unpaired) electrons. The molecule has 1 amide bonds. The largest absolute Gasteiger partial charge is 0.465 e. The van der Waals surface area contributed by atoms with Gasteiger partial charge in [0.1, 0.15) is 0 Å². The molecule has 1 aliphatic rings. The van der Waals surface area contributed by atoms with E-state index in [9.17, 15) is 4.79 Å². The van der Waals surface area contributed by atoms with Crippen molar-refractivity contribution in [2.45, 2.75) is 18.8 Å². The van der Waals surface area contributed by atoms with Crippen LogP contribution in [-0.2, 0) is 0 Å². The topological polar surface area (TPSA) is 62.2 Å². The molecule has 4 nitrogen and oxygen atoms in total. The van der Waals surface area contributed by atoms with Gasteiger partial charge in [0.25, 0.3) is 0 Å². The fourth-order valence-electron chi connectivity index (χ4n) is 1.42. The highest BCUT2D eigenvalue weighted by Gasteiger charge is 2.27. The molecule has 0 aromatic carbocycles. The lowest BCUT2D eigenvalue weighted by Gasteiger charge is -2.08. The summed E-state index contributed by atoms with van der Waals surface area (Å²) in [6.45, 7) is 0. The zero-order valence-electron chi connectivity index (χ0n) is 7.33. The number of anilines is 1. The number of hydrogen-bond donors (Lipinski definition) is 2. The molecule has 0 unspecified atom stereocenters. The smallest absolute Gasteiger partial charge is 0.409 e. The number of halogens is 1. The number of rotatable bonds is 2. The lowest BCUT2D eigenvalue weighted by Crippen LogP contribution is -2.10. The Morgan fingerprint density at radius 3 is 2.93 bits per heavy atom. The number of pyridine rings is 1. The van der Waals surface area contributed by atoms with E-state index in [1.165, 1.54) is 0 Å². The minimum absolute atomic E-state index is 0.219. The van der Waals surface area contributed by atoms with Crippen LogP contribution in [0, 0.1) is 0 Å². The molecule has 1 aromatic rings. The number of carbonyl (C=O) groups is 1. The minimum Gasteiger partial charge on any atom is -0.465 e. The Kier molecular flexibility index (Phi) is 2.29. The van der Waals surface area contributed by atoms with Crippen LogP contribution in [-0.4, -0.2) is 16.2 Å². The maximum atomic E-state index is 10.5. The molecule has 5 heteroatoms. The number of carboxylic acid groups (broad SMARTS) is 1.